The van der Waals surface area contributed by atoms with Gasteiger partial charge in [0.25, 0.3) is 0 Å². The lowest BCUT2D eigenvalue weighted by Gasteiger charge is -2.25. The van der Waals surface area contributed by atoms with Gasteiger partial charge in [0.2, 0.25) is 0 Å². The van der Waals surface area contributed by atoms with Gasteiger partial charge in [0.15, 0.2) is 0 Å². The maximum absolute atomic E-state index is 8.90. The van der Waals surface area contributed by atoms with Gasteiger partial charge in [0.05, 0.1) is 8.02 Å². The maximum atomic E-state index is 8.90. The Kier molecular flexibility index (Phi) is 2.46. The van der Waals surface area contributed by atoms with Crippen molar-refractivity contribution in [3.63, 3.8) is 0 Å². The van der Waals surface area contributed by atoms with Crippen molar-refractivity contribution in [2.75, 3.05) is 16.4 Å². The smallest absolute Gasteiger partial charge is 0.0995 e. The summed E-state index contributed by atoms with van der Waals surface area (Å²) in [5.41, 5.74) is 7.18. The molecule has 0 aromatic heterocycles. The number of rotatable bonds is 1. The highest BCUT2D eigenvalue weighted by molar-refractivity contribution is 5.76. The summed E-state index contributed by atoms with van der Waals surface area (Å²) in [7, 11) is 0. The number of fused-ring (bicyclic) bond motifs is 3. The van der Waals surface area contributed by atoms with Gasteiger partial charge in [0.1, 0.15) is 0 Å². The van der Waals surface area contributed by atoms with Crippen LogP contribution >= 0.6 is 0 Å². The third-order valence-electron chi connectivity index (χ3n) is 4.98. The summed E-state index contributed by atoms with van der Waals surface area (Å²) in [4.78, 5) is 4.35. The Morgan fingerprint density at radius 3 is 2.27 bits per heavy atom. The summed E-state index contributed by atoms with van der Waals surface area (Å²) < 4.78 is 8.90. The zero-order valence-corrected chi connectivity index (χ0v) is 13.6. The van der Waals surface area contributed by atoms with Gasteiger partial charge >= 0.3 is 0 Å². The Hall–Kier alpha value is -2.22. The minimum atomic E-state index is -0.450. The molecule has 112 valence electrons. The SMILES string of the molecule is [2H]C1N(c2ccccc2C)C(C)=C2N1c1ccccc1C2(C)C. The summed E-state index contributed by atoms with van der Waals surface area (Å²) in [5.74, 6) is 0. The van der Waals surface area contributed by atoms with Gasteiger partial charge in [-0.05, 0) is 37.1 Å². The Labute approximate surface area is 134 Å². The van der Waals surface area contributed by atoms with E-state index in [0.717, 1.165) is 5.69 Å². The molecule has 0 spiro atoms. The average molecular weight is 291 g/mol. The molecule has 2 heterocycles. The molecule has 1 atom stereocenters. The molecule has 0 saturated heterocycles. The molecular weight excluding hydrogens is 268 g/mol. The second-order valence-electron chi connectivity index (χ2n) is 6.72. The molecule has 2 aromatic carbocycles. The highest BCUT2D eigenvalue weighted by Crippen LogP contribution is 2.52. The zero-order valence-electron chi connectivity index (χ0n) is 14.6. The van der Waals surface area contributed by atoms with Crippen molar-refractivity contribution in [2.45, 2.75) is 33.1 Å². The van der Waals surface area contributed by atoms with Gasteiger partial charge < -0.3 is 9.80 Å². The van der Waals surface area contributed by atoms with E-state index in [9.17, 15) is 0 Å². The first-order chi connectivity index (χ1) is 10.9. The average Bonchev–Trinajstić information content (AvgIpc) is 2.93. The number of hydrogen-bond donors (Lipinski definition) is 0. The molecule has 2 heteroatoms. The topological polar surface area (TPSA) is 6.48 Å². The molecule has 1 unspecified atom stereocenters. The predicted octanol–water partition coefficient (Wildman–Crippen LogP) is 4.80. The molecular formula is C20H22N2. The molecule has 0 saturated carbocycles. The lowest BCUT2D eigenvalue weighted by Crippen LogP contribution is -2.27. The summed E-state index contributed by atoms with van der Waals surface area (Å²) in [6.45, 7) is 8.34. The van der Waals surface area contributed by atoms with Crippen LogP contribution in [0.5, 0.6) is 0 Å². The van der Waals surface area contributed by atoms with Gasteiger partial charge in [-0.15, -0.1) is 0 Å². The fraction of sp³-hybridized carbons (Fsp3) is 0.300. The molecule has 0 radical (unpaired) electrons. The molecule has 0 aliphatic carbocycles. The van der Waals surface area contributed by atoms with Crippen molar-refractivity contribution in [3.8, 4) is 0 Å². The molecule has 0 bridgehead atoms. The van der Waals surface area contributed by atoms with Gasteiger partial charge in [0, 0.05) is 28.2 Å². The van der Waals surface area contributed by atoms with Crippen molar-refractivity contribution in [2.24, 2.45) is 0 Å². The van der Waals surface area contributed by atoms with Crippen LogP contribution in [0.25, 0.3) is 0 Å². The van der Waals surface area contributed by atoms with Crippen molar-refractivity contribution in [1.82, 2.24) is 0 Å². The second-order valence-corrected chi connectivity index (χ2v) is 6.72. The molecule has 4 rings (SSSR count). The standard InChI is InChI=1S/C20H22N2/c1-14-9-5-7-11-17(14)21-13-22-18-12-8-6-10-16(18)20(3,4)19(22)15(21)2/h5-12H,13H2,1-4H3/i13D. The minimum absolute atomic E-state index is 0.0720. The maximum Gasteiger partial charge on any atom is 0.0995 e. The first-order valence-corrected chi connectivity index (χ1v) is 7.82. The third-order valence-corrected chi connectivity index (χ3v) is 4.98. The zero-order chi connectivity index (χ0) is 16.4. The molecule has 2 aliphatic rings. The first kappa shape index (κ1) is 12.3. The number of anilines is 2. The van der Waals surface area contributed by atoms with E-state index in [1.807, 2.05) is 0 Å². The van der Waals surface area contributed by atoms with Crippen molar-refractivity contribution >= 4 is 11.4 Å². The van der Waals surface area contributed by atoms with Gasteiger partial charge in [-0.1, -0.05) is 50.2 Å². The highest BCUT2D eigenvalue weighted by atomic mass is 15.4. The van der Waals surface area contributed by atoms with E-state index in [4.69, 9.17) is 1.37 Å². The van der Waals surface area contributed by atoms with Crippen molar-refractivity contribution < 1.29 is 1.37 Å². The Morgan fingerprint density at radius 1 is 0.909 bits per heavy atom. The van der Waals surface area contributed by atoms with E-state index in [0.29, 0.717) is 0 Å². The lowest BCUT2D eigenvalue weighted by atomic mass is 9.83. The van der Waals surface area contributed by atoms with Crippen LogP contribution in [-0.4, -0.2) is 6.64 Å². The number of benzene rings is 2. The lowest BCUT2D eigenvalue weighted by molar-refractivity contribution is 0.638. The normalized spacial score (nSPS) is 22.7. The van der Waals surface area contributed by atoms with Gasteiger partial charge in [-0.2, -0.15) is 0 Å². The highest BCUT2D eigenvalue weighted by Gasteiger charge is 2.46. The first-order valence-electron chi connectivity index (χ1n) is 8.39. The number of hydrogen-bond acceptors (Lipinski definition) is 2. The van der Waals surface area contributed by atoms with Crippen LogP contribution < -0.4 is 9.80 Å². The minimum Gasteiger partial charge on any atom is -0.325 e. The van der Waals surface area contributed by atoms with E-state index < -0.39 is 6.64 Å². The molecule has 0 amide bonds. The number of allylic oxidation sites excluding steroid dienone is 2. The third kappa shape index (κ3) is 1.61. The van der Waals surface area contributed by atoms with Crippen LogP contribution in [0.1, 0.15) is 33.3 Å². The van der Waals surface area contributed by atoms with Crippen LogP contribution in [0.15, 0.2) is 59.9 Å². The van der Waals surface area contributed by atoms with E-state index in [2.05, 4.69) is 86.0 Å². The summed E-state index contributed by atoms with van der Waals surface area (Å²) in [5, 5.41) is 0. The van der Waals surface area contributed by atoms with E-state index in [1.54, 1.807) is 0 Å². The Balaban J connectivity index is 1.93. The van der Waals surface area contributed by atoms with Crippen LogP contribution in [0.4, 0.5) is 11.4 Å². The van der Waals surface area contributed by atoms with Crippen molar-refractivity contribution in [1.29, 1.82) is 0 Å². The van der Waals surface area contributed by atoms with Crippen LogP contribution in [-0.2, 0) is 5.41 Å². The summed E-state index contributed by atoms with van der Waals surface area (Å²) in [6, 6.07) is 16.8. The quantitative estimate of drug-likeness (QED) is 0.744. The van der Waals surface area contributed by atoms with Gasteiger partial charge in [-0.25, -0.2) is 0 Å². The number of nitrogens with zero attached hydrogens (tertiary/aromatic N) is 2. The fourth-order valence-corrected chi connectivity index (χ4v) is 3.90. The Morgan fingerprint density at radius 2 is 1.55 bits per heavy atom. The number of aryl methyl sites for hydroxylation is 1. The second kappa shape index (κ2) is 4.39. The van der Waals surface area contributed by atoms with Crippen LogP contribution in [0.2, 0.25) is 0 Å². The van der Waals surface area contributed by atoms with Crippen molar-refractivity contribution in [3.05, 3.63) is 71.1 Å². The number of para-hydroxylation sites is 2. The molecule has 2 nitrogen and oxygen atoms in total. The molecule has 2 aliphatic heterocycles. The summed E-state index contributed by atoms with van der Waals surface area (Å²) in [6.07, 6.45) is 0. The van der Waals surface area contributed by atoms with E-state index in [1.165, 1.54) is 28.2 Å². The largest absolute Gasteiger partial charge is 0.325 e. The fourth-order valence-electron chi connectivity index (χ4n) is 3.90. The predicted molar refractivity (Wildman–Crippen MR) is 93.2 cm³/mol. The van der Waals surface area contributed by atoms with E-state index in [-0.39, 0.29) is 5.41 Å². The Bertz CT molecular complexity index is 822. The molecule has 22 heavy (non-hydrogen) atoms. The monoisotopic (exact) mass is 291 g/mol. The molecule has 0 fully saturated rings. The van der Waals surface area contributed by atoms with Gasteiger partial charge in [-0.3, -0.25) is 0 Å². The molecule has 2 aromatic rings. The van der Waals surface area contributed by atoms with Crippen LogP contribution in [0, 0.1) is 6.92 Å². The summed E-state index contributed by atoms with van der Waals surface area (Å²) >= 11 is 0. The molecule has 0 N–H and O–H groups in total. The van der Waals surface area contributed by atoms with Crippen LogP contribution in [0.3, 0.4) is 0 Å². The van der Waals surface area contributed by atoms with E-state index >= 15 is 0 Å².